The maximum atomic E-state index is 6.20. The van der Waals surface area contributed by atoms with E-state index in [0.717, 1.165) is 23.2 Å². The molecule has 346 valence electrons. The lowest BCUT2D eigenvalue weighted by atomic mass is 9.74. The van der Waals surface area contributed by atoms with Gasteiger partial charge < -0.3 is 11.5 Å². The first kappa shape index (κ1) is 50.5. The first-order valence-corrected chi connectivity index (χ1v) is 26.9. The molecule has 1 saturated carbocycles. The van der Waals surface area contributed by atoms with Crippen LogP contribution in [0.4, 0.5) is 11.4 Å². The normalized spacial score (nSPS) is 15.3. The smallest absolute Gasteiger partial charge is 0.0314 e. The van der Waals surface area contributed by atoms with Crippen molar-refractivity contribution in [2.45, 2.75) is 225 Å². The highest BCUT2D eigenvalue weighted by atomic mass is 14.5. The van der Waals surface area contributed by atoms with Gasteiger partial charge >= 0.3 is 0 Å². The molecule has 0 aromatic heterocycles. The molecule has 4 aromatic rings. The van der Waals surface area contributed by atoms with Crippen LogP contribution in [0.5, 0.6) is 0 Å². The number of rotatable bonds is 32. The van der Waals surface area contributed by atoms with E-state index in [1.807, 2.05) is 0 Å². The third-order valence-electron chi connectivity index (χ3n) is 15.2. The molecule has 2 nitrogen and oxygen atoms in total. The number of benzene rings is 4. The van der Waals surface area contributed by atoms with Crippen molar-refractivity contribution in [3.8, 4) is 0 Å². The lowest BCUT2D eigenvalue weighted by molar-refractivity contribution is 0.218. The molecule has 0 radical (unpaired) electrons. The molecular formula is C61H92N2. The van der Waals surface area contributed by atoms with Crippen LogP contribution in [-0.2, 0) is 0 Å². The van der Waals surface area contributed by atoms with Crippen molar-refractivity contribution in [1.29, 1.82) is 0 Å². The Morgan fingerprint density at radius 1 is 0.333 bits per heavy atom. The summed E-state index contributed by atoms with van der Waals surface area (Å²) in [6.07, 6.45) is 39.3. The average molecular weight is 853 g/mol. The third kappa shape index (κ3) is 17.8. The molecule has 3 unspecified atom stereocenters. The van der Waals surface area contributed by atoms with Crippen LogP contribution < -0.4 is 11.5 Å². The highest BCUT2D eigenvalue weighted by Gasteiger charge is 2.26. The summed E-state index contributed by atoms with van der Waals surface area (Å²) in [5.74, 6) is 2.95. The van der Waals surface area contributed by atoms with Gasteiger partial charge in [0.15, 0.2) is 0 Å². The van der Waals surface area contributed by atoms with E-state index in [4.69, 9.17) is 11.5 Å². The van der Waals surface area contributed by atoms with Gasteiger partial charge in [0.05, 0.1) is 0 Å². The van der Waals surface area contributed by atoms with Crippen molar-refractivity contribution in [3.63, 3.8) is 0 Å². The molecule has 0 bridgehead atoms. The number of anilines is 2. The maximum absolute atomic E-state index is 6.20. The summed E-state index contributed by atoms with van der Waals surface area (Å²) in [7, 11) is 0. The van der Waals surface area contributed by atoms with Crippen LogP contribution in [0.3, 0.4) is 0 Å². The van der Waals surface area contributed by atoms with Gasteiger partial charge in [-0.3, -0.25) is 0 Å². The van der Waals surface area contributed by atoms with Gasteiger partial charge in [-0.2, -0.15) is 0 Å². The SMILES string of the molecule is CCCCCCCCCCCC(c1ccc(N)cc1)c1ccc(C(CCC(CCC)C2CCCCC2)c2ccc(C(CCCCCCCCCCC)c3ccc(N)cc3)cc2)cc1. The van der Waals surface area contributed by atoms with Crippen LogP contribution in [-0.4, -0.2) is 0 Å². The highest BCUT2D eigenvalue weighted by Crippen LogP contribution is 2.41. The zero-order valence-electron chi connectivity index (χ0n) is 40.8. The zero-order valence-corrected chi connectivity index (χ0v) is 40.8. The predicted molar refractivity (Wildman–Crippen MR) is 278 cm³/mol. The second kappa shape index (κ2) is 29.8. The highest BCUT2D eigenvalue weighted by molar-refractivity contribution is 5.45. The average Bonchev–Trinajstić information content (AvgIpc) is 3.32. The summed E-state index contributed by atoms with van der Waals surface area (Å²) < 4.78 is 0. The molecular weight excluding hydrogens is 761 g/mol. The number of nitrogen functional groups attached to an aromatic ring is 2. The fourth-order valence-electron chi connectivity index (χ4n) is 11.2. The van der Waals surface area contributed by atoms with Crippen molar-refractivity contribution in [2.75, 3.05) is 11.5 Å². The molecule has 0 heterocycles. The van der Waals surface area contributed by atoms with Gasteiger partial charge in [-0.25, -0.2) is 0 Å². The van der Waals surface area contributed by atoms with Crippen LogP contribution in [0, 0.1) is 11.8 Å². The molecule has 3 atom stereocenters. The van der Waals surface area contributed by atoms with E-state index in [2.05, 4.69) is 118 Å². The van der Waals surface area contributed by atoms with E-state index in [0.29, 0.717) is 17.8 Å². The Morgan fingerprint density at radius 2 is 0.635 bits per heavy atom. The van der Waals surface area contributed by atoms with Gasteiger partial charge in [-0.1, -0.05) is 254 Å². The predicted octanol–water partition coefficient (Wildman–Crippen LogP) is 18.9. The summed E-state index contributed by atoms with van der Waals surface area (Å²) in [6, 6.07) is 37.5. The Bertz CT molecular complexity index is 1600. The molecule has 1 aliphatic carbocycles. The van der Waals surface area contributed by atoms with E-state index >= 15 is 0 Å². The molecule has 0 amide bonds. The fraction of sp³-hybridized carbons (Fsp3) is 0.607. The van der Waals surface area contributed by atoms with Crippen molar-refractivity contribution in [2.24, 2.45) is 11.8 Å². The molecule has 5 rings (SSSR count). The third-order valence-corrected chi connectivity index (χ3v) is 15.2. The second-order valence-electron chi connectivity index (χ2n) is 20.1. The van der Waals surface area contributed by atoms with E-state index in [-0.39, 0.29) is 0 Å². The fourth-order valence-corrected chi connectivity index (χ4v) is 11.2. The monoisotopic (exact) mass is 853 g/mol. The number of unbranched alkanes of at least 4 members (excludes halogenated alkanes) is 16. The van der Waals surface area contributed by atoms with E-state index in [1.165, 1.54) is 220 Å². The summed E-state index contributed by atoms with van der Waals surface area (Å²) in [5, 5.41) is 0. The minimum atomic E-state index is 0.399. The van der Waals surface area contributed by atoms with E-state index in [9.17, 15) is 0 Å². The molecule has 0 saturated heterocycles. The topological polar surface area (TPSA) is 52.0 Å². The Balaban J connectivity index is 1.34. The molecule has 0 spiro atoms. The molecule has 63 heavy (non-hydrogen) atoms. The van der Waals surface area contributed by atoms with Gasteiger partial charge in [0, 0.05) is 29.1 Å². The minimum Gasteiger partial charge on any atom is -0.399 e. The zero-order chi connectivity index (χ0) is 44.3. The molecule has 0 aliphatic heterocycles. The van der Waals surface area contributed by atoms with E-state index < -0.39 is 0 Å². The minimum absolute atomic E-state index is 0.399. The Kier molecular flexibility index (Phi) is 23.9. The molecule has 4 N–H and O–H groups in total. The van der Waals surface area contributed by atoms with Crippen molar-refractivity contribution in [3.05, 3.63) is 130 Å². The van der Waals surface area contributed by atoms with E-state index in [1.54, 1.807) is 0 Å². The summed E-state index contributed by atoms with van der Waals surface area (Å²) in [5.41, 5.74) is 22.8. The Labute approximate surface area is 388 Å². The number of nitrogens with two attached hydrogens (primary N) is 2. The van der Waals surface area contributed by atoms with Crippen LogP contribution >= 0.6 is 0 Å². The van der Waals surface area contributed by atoms with Gasteiger partial charge in [-0.15, -0.1) is 0 Å². The summed E-state index contributed by atoms with van der Waals surface area (Å²) in [4.78, 5) is 0. The largest absolute Gasteiger partial charge is 0.399 e. The van der Waals surface area contributed by atoms with Gasteiger partial charge in [0.25, 0.3) is 0 Å². The standard InChI is InChI=1S/C61H92N2/c1-4-7-9-11-13-15-17-19-24-29-59(55-39-44-57(62)45-40-55)51-31-35-53(36-32-51)61(48-43-49(26-6-3)50-27-22-21-23-28-50)54-37-33-52(34-38-54)60(56-41-46-58(63)47-42-56)30-25-20-18-16-14-12-10-8-5-2/h31-42,44-47,49-50,59-61H,4-30,43,48,62-63H2,1-3H3. The number of hydrogen-bond donors (Lipinski definition) is 2. The molecule has 1 fully saturated rings. The van der Waals surface area contributed by atoms with Gasteiger partial charge in [0.2, 0.25) is 0 Å². The van der Waals surface area contributed by atoms with Crippen LogP contribution in [0.1, 0.15) is 258 Å². The van der Waals surface area contributed by atoms with Crippen LogP contribution in [0.2, 0.25) is 0 Å². The quantitative estimate of drug-likeness (QED) is 0.0380. The maximum Gasteiger partial charge on any atom is 0.0314 e. The first-order chi connectivity index (χ1) is 31.0. The van der Waals surface area contributed by atoms with Crippen molar-refractivity contribution >= 4 is 11.4 Å². The second-order valence-corrected chi connectivity index (χ2v) is 20.1. The van der Waals surface area contributed by atoms with Gasteiger partial charge in [0.1, 0.15) is 0 Å². The van der Waals surface area contributed by atoms with Crippen molar-refractivity contribution in [1.82, 2.24) is 0 Å². The van der Waals surface area contributed by atoms with Gasteiger partial charge in [-0.05, 0) is 95.2 Å². The van der Waals surface area contributed by atoms with Crippen LogP contribution in [0.25, 0.3) is 0 Å². The lowest BCUT2D eigenvalue weighted by Crippen LogP contribution is -2.19. The molecule has 4 aromatic carbocycles. The first-order valence-electron chi connectivity index (χ1n) is 26.9. The summed E-state index contributed by atoms with van der Waals surface area (Å²) in [6.45, 7) is 7.02. The molecule has 2 heteroatoms. The lowest BCUT2D eigenvalue weighted by Gasteiger charge is -2.32. The summed E-state index contributed by atoms with van der Waals surface area (Å²) >= 11 is 0. The Hall–Kier alpha value is -3.52. The Morgan fingerprint density at radius 3 is 0.968 bits per heavy atom. The van der Waals surface area contributed by atoms with Crippen LogP contribution in [0.15, 0.2) is 97.1 Å². The van der Waals surface area contributed by atoms with Crippen molar-refractivity contribution < 1.29 is 0 Å². The molecule has 1 aliphatic rings. The number of hydrogen-bond acceptors (Lipinski definition) is 2.